The lowest BCUT2D eigenvalue weighted by molar-refractivity contribution is 0.185. The van der Waals surface area contributed by atoms with Crippen LogP contribution in [-0.4, -0.2) is 17.1 Å². The highest BCUT2D eigenvalue weighted by Gasteiger charge is 2.09. The zero-order valence-corrected chi connectivity index (χ0v) is 13.2. The van der Waals surface area contributed by atoms with Crippen LogP contribution < -0.4 is 10.1 Å². The molecule has 0 aliphatic heterocycles. The van der Waals surface area contributed by atoms with E-state index in [9.17, 15) is 0 Å². The van der Waals surface area contributed by atoms with Gasteiger partial charge in [-0.05, 0) is 31.7 Å². The number of nitrogens with zero attached hydrogens (tertiary/aromatic N) is 1. The van der Waals surface area contributed by atoms with Crippen LogP contribution >= 0.6 is 0 Å². The first-order chi connectivity index (χ1) is 8.88. The number of hydrogen-bond donors (Lipinski definition) is 1. The van der Waals surface area contributed by atoms with Gasteiger partial charge in [0.2, 0.25) is 5.88 Å². The summed E-state index contributed by atoms with van der Waals surface area (Å²) in [6.07, 6.45) is 1.27. The van der Waals surface area contributed by atoms with E-state index in [2.05, 4.69) is 51.0 Å². The molecule has 0 bridgehead atoms. The van der Waals surface area contributed by atoms with Crippen molar-refractivity contribution in [3.05, 3.63) is 23.4 Å². The second-order valence-corrected chi connectivity index (χ2v) is 5.99. The van der Waals surface area contributed by atoms with Crippen molar-refractivity contribution in [1.82, 2.24) is 10.3 Å². The maximum atomic E-state index is 5.86. The van der Waals surface area contributed by atoms with Gasteiger partial charge in [-0.3, -0.25) is 0 Å². The molecule has 0 aromatic carbocycles. The summed E-state index contributed by atoms with van der Waals surface area (Å²) >= 11 is 0. The lowest BCUT2D eigenvalue weighted by atomic mass is 10.1. The van der Waals surface area contributed by atoms with Gasteiger partial charge >= 0.3 is 0 Å². The molecule has 1 aromatic rings. The molecule has 19 heavy (non-hydrogen) atoms. The fraction of sp³-hybridized carbons (Fsp3) is 0.688. The lowest BCUT2D eigenvalue weighted by Gasteiger charge is -2.17. The molecule has 0 amide bonds. The highest BCUT2D eigenvalue weighted by molar-refractivity contribution is 5.25. The van der Waals surface area contributed by atoms with Gasteiger partial charge in [0.15, 0.2) is 0 Å². The summed E-state index contributed by atoms with van der Waals surface area (Å²) in [6, 6.07) is 4.57. The molecule has 0 fully saturated rings. The van der Waals surface area contributed by atoms with E-state index < -0.39 is 0 Å². The van der Waals surface area contributed by atoms with Gasteiger partial charge in [0.25, 0.3) is 0 Å². The fourth-order valence-corrected chi connectivity index (χ4v) is 2.05. The second kappa shape index (κ2) is 7.49. The van der Waals surface area contributed by atoms with Crippen molar-refractivity contribution in [2.24, 2.45) is 5.92 Å². The Bertz CT molecular complexity index is 388. The van der Waals surface area contributed by atoms with Crippen LogP contribution in [-0.2, 0) is 6.54 Å². The quantitative estimate of drug-likeness (QED) is 0.815. The van der Waals surface area contributed by atoms with E-state index >= 15 is 0 Å². The summed E-state index contributed by atoms with van der Waals surface area (Å²) < 4.78 is 5.86. The average molecular weight is 264 g/mol. The molecule has 3 nitrogen and oxygen atoms in total. The average Bonchev–Trinajstić information content (AvgIpc) is 2.26. The van der Waals surface area contributed by atoms with Crippen molar-refractivity contribution >= 4 is 0 Å². The third-order valence-electron chi connectivity index (χ3n) is 3.00. The van der Waals surface area contributed by atoms with E-state index in [-0.39, 0.29) is 6.10 Å². The van der Waals surface area contributed by atoms with E-state index in [4.69, 9.17) is 4.74 Å². The first-order valence-corrected chi connectivity index (χ1v) is 7.25. The normalized spacial score (nSPS) is 13.1. The number of pyridine rings is 1. The number of hydrogen-bond acceptors (Lipinski definition) is 3. The molecule has 0 saturated heterocycles. The van der Waals surface area contributed by atoms with Crippen LogP contribution in [0.5, 0.6) is 5.88 Å². The minimum absolute atomic E-state index is 0.214. The Morgan fingerprint density at radius 1 is 1.16 bits per heavy atom. The van der Waals surface area contributed by atoms with Gasteiger partial charge in [0.05, 0.1) is 6.10 Å². The zero-order valence-electron chi connectivity index (χ0n) is 13.2. The Morgan fingerprint density at radius 2 is 1.84 bits per heavy atom. The van der Waals surface area contributed by atoms with Crippen LogP contribution in [0.1, 0.15) is 52.3 Å². The third kappa shape index (κ3) is 6.06. The summed E-state index contributed by atoms with van der Waals surface area (Å²) in [6.45, 7) is 13.7. The molecule has 1 unspecified atom stereocenters. The highest BCUT2D eigenvalue weighted by Crippen LogP contribution is 2.16. The van der Waals surface area contributed by atoms with E-state index in [1.54, 1.807) is 0 Å². The molecule has 0 saturated carbocycles. The topological polar surface area (TPSA) is 34.1 Å². The molecule has 0 radical (unpaired) electrons. The minimum Gasteiger partial charge on any atom is -0.475 e. The van der Waals surface area contributed by atoms with Gasteiger partial charge in [0.1, 0.15) is 0 Å². The number of aryl methyl sites for hydroxylation is 1. The van der Waals surface area contributed by atoms with Crippen LogP contribution in [0, 0.1) is 12.8 Å². The Kier molecular flexibility index (Phi) is 6.29. The summed E-state index contributed by atoms with van der Waals surface area (Å²) in [5.74, 6) is 1.38. The Balaban J connectivity index is 2.60. The predicted molar refractivity (Wildman–Crippen MR) is 80.5 cm³/mol. The van der Waals surface area contributed by atoms with Gasteiger partial charge in [-0.15, -0.1) is 0 Å². The first kappa shape index (κ1) is 16.0. The maximum Gasteiger partial charge on any atom is 0.213 e. The summed E-state index contributed by atoms with van der Waals surface area (Å²) in [5.41, 5.74) is 2.28. The highest BCUT2D eigenvalue weighted by atomic mass is 16.5. The number of nitrogens with one attached hydrogen (secondary N) is 1. The molecule has 1 aromatic heterocycles. The van der Waals surface area contributed by atoms with E-state index in [1.807, 2.05) is 13.0 Å². The third-order valence-corrected chi connectivity index (χ3v) is 3.00. The molecule has 0 aliphatic rings. The van der Waals surface area contributed by atoms with Crippen molar-refractivity contribution < 1.29 is 4.74 Å². The molecule has 1 heterocycles. The molecule has 0 aliphatic carbocycles. The van der Waals surface area contributed by atoms with Gasteiger partial charge in [0, 0.05) is 24.3 Å². The Hall–Kier alpha value is -1.09. The molecule has 0 spiro atoms. The maximum absolute atomic E-state index is 5.86. The fourth-order valence-electron chi connectivity index (χ4n) is 2.05. The Labute approximate surface area is 117 Å². The summed E-state index contributed by atoms with van der Waals surface area (Å²) in [7, 11) is 0. The molecule has 1 rings (SSSR count). The SMILES string of the molecule is Cc1nc(OC(C)CC(C)C)ccc1CNC(C)C. The number of aromatic nitrogens is 1. The van der Waals surface area contributed by atoms with Crippen LogP contribution in [0.2, 0.25) is 0 Å². The van der Waals surface area contributed by atoms with Crippen LogP contribution in [0.15, 0.2) is 12.1 Å². The second-order valence-electron chi connectivity index (χ2n) is 5.99. The van der Waals surface area contributed by atoms with Gasteiger partial charge in [-0.25, -0.2) is 4.98 Å². The smallest absolute Gasteiger partial charge is 0.213 e. The van der Waals surface area contributed by atoms with Crippen LogP contribution in [0.4, 0.5) is 0 Å². The standard InChI is InChI=1S/C16H28N2O/c1-11(2)9-13(5)19-16-8-7-15(14(6)18-16)10-17-12(3)4/h7-8,11-13,17H,9-10H2,1-6H3. The largest absolute Gasteiger partial charge is 0.475 e. The monoisotopic (exact) mass is 264 g/mol. The van der Waals surface area contributed by atoms with Crippen molar-refractivity contribution in [1.29, 1.82) is 0 Å². The molecule has 3 heteroatoms. The number of rotatable bonds is 7. The van der Waals surface area contributed by atoms with Crippen molar-refractivity contribution in [3.8, 4) is 5.88 Å². The number of ether oxygens (including phenoxy) is 1. The molecular weight excluding hydrogens is 236 g/mol. The van der Waals surface area contributed by atoms with Crippen molar-refractivity contribution in [2.45, 2.75) is 66.7 Å². The van der Waals surface area contributed by atoms with Crippen molar-refractivity contribution in [2.75, 3.05) is 0 Å². The van der Waals surface area contributed by atoms with E-state index in [0.29, 0.717) is 12.0 Å². The molecule has 1 N–H and O–H groups in total. The molecule has 1 atom stereocenters. The molecule has 108 valence electrons. The first-order valence-electron chi connectivity index (χ1n) is 7.25. The van der Waals surface area contributed by atoms with Crippen LogP contribution in [0.3, 0.4) is 0 Å². The van der Waals surface area contributed by atoms with Gasteiger partial charge < -0.3 is 10.1 Å². The lowest BCUT2D eigenvalue weighted by Crippen LogP contribution is -2.22. The van der Waals surface area contributed by atoms with Gasteiger partial charge in [-0.1, -0.05) is 33.8 Å². The zero-order chi connectivity index (χ0) is 14.4. The van der Waals surface area contributed by atoms with E-state index in [1.165, 1.54) is 5.56 Å². The predicted octanol–water partition coefficient (Wildman–Crippen LogP) is 3.70. The minimum atomic E-state index is 0.214. The molecular formula is C16H28N2O. The van der Waals surface area contributed by atoms with Crippen LogP contribution in [0.25, 0.3) is 0 Å². The van der Waals surface area contributed by atoms with Gasteiger partial charge in [-0.2, -0.15) is 0 Å². The summed E-state index contributed by atoms with van der Waals surface area (Å²) in [4.78, 5) is 4.54. The Morgan fingerprint density at radius 3 is 2.37 bits per heavy atom. The summed E-state index contributed by atoms with van der Waals surface area (Å²) in [5, 5.41) is 3.41. The van der Waals surface area contributed by atoms with E-state index in [0.717, 1.165) is 24.5 Å². The van der Waals surface area contributed by atoms with Crippen molar-refractivity contribution in [3.63, 3.8) is 0 Å².